The average Bonchev–Trinajstić information content (AvgIpc) is 2.42. The van der Waals surface area contributed by atoms with Crippen molar-refractivity contribution >= 4 is 11.9 Å². The molecule has 3 N–H and O–H groups in total. The van der Waals surface area contributed by atoms with Gasteiger partial charge in [0.25, 0.3) is 5.91 Å². The number of ether oxygens (including phenoxy) is 1. The standard InChI is InChI=1S/C9H7NO4/c10-8(12)9(13)6-4-2-1-3-5(6)7(11)14-9/h1-4,13H,(H2,10,12)/t9-/m0/s1. The van der Waals surface area contributed by atoms with E-state index in [0.29, 0.717) is 0 Å². The molecule has 0 spiro atoms. The summed E-state index contributed by atoms with van der Waals surface area (Å²) in [4.78, 5) is 22.1. The lowest BCUT2D eigenvalue weighted by Gasteiger charge is -2.17. The van der Waals surface area contributed by atoms with Gasteiger partial charge in [0.1, 0.15) is 0 Å². The lowest BCUT2D eigenvalue weighted by molar-refractivity contribution is -0.182. The number of rotatable bonds is 1. The number of hydrogen-bond acceptors (Lipinski definition) is 4. The first-order chi connectivity index (χ1) is 6.55. The lowest BCUT2D eigenvalue weighted by Crippen LogP contribution is -2.41. The Labute approximate surface area is 79.1 Å². The Balaban J connectivity index is 2.65. The van der Waals surface area contributed by atoms with E-state index in [0.717, 1.165) is 0 Å². The average molecular weight is 193 g/mol. The fourth-order valence-electron chi connectivity index (χ4n) is 1.38. The second-order valence-corrected chi connectivity index (χ2v) is 2.94. The van der Waals surface area contributed by atoms with Crippen LogP contribution in [0.3, 0.4) is 0 Å². The smallest absolute Gasteiger partial charge is 0.341 e. The van der Waals surface area contributed by atoms with Crippen LogP contribution in [0.4, 0.5) is 0 Å². The molecule has 0 saturated carbocycles. The Morgan fingerprint density at radius 3 is 2.71 bits per heavy atom. The molecule has 1 aromatic rings. The van der Waals surface area contributed by atoms with Gasteiger partial charge in [-0.25, -0.2) is 4.79 Å². The maximum absolute atomic E-state index is 11.2. The van der Waals surface area contributed by atoms with Crippen LogP contribution in [0.5, 0.6) is 0 Å². The highest BCUT2D eigenvalue weighted by Crippen LogP contribution is 2.33. The molecule has 0 saturated heterocycles. The number of cyclic esters (lactones) is 1. The number of nitrogens with two attached hydrogens (primary N) is 1. The molecular formula is C9H7NO4. The van der Waals surface area contributed by atoms with Gasteiger partial charge in [0.2, 0.25) is 0 Å². The van der Waals surface area contributed by atoms with Gasteiger partial charge in [-0.15, -0.1) is 0 Å². The summed E-state index contributed by atoms with van der Waals surface area (Å²) in [6, 6.07) is 6.06. The third-order valence-electron chi connectivity index (χ3n) is 2.09. The summed E-state index contributed by atoms with van der Waals surface area (Å²) in [5, 5.41) is 9.67. The van der Waals surface area contributed by atoms with Crippen molar-refractivity contribution in [2.45, 2.75) is 5.79 Å². The Morgan fingerprint density at radius 2 is 2.07 bits per heavy atom. The molecule has 1 heterocycles. The van der Waals surface area contributed by atoms with Gasteiger partial charge in [-0.2, -0.15) is 0 Å². The number of hydrogen-bond donors (Lipinski definition) is 2. The summed E-state index contributed by atoms with van der Waals surface area (Å²) in [5.74, 6) is -4.16. The zero-order valence-electron chi connectivity index (χ0n) is 7.06. The lowest BCUT2D eigenvalue weighted by atomic mass is 10.0. The Hall–Kier alpha value is -1.88. The van der Waals surface area contributed by atoms with Crippen molar-refractivity contribution in [3.8, 4) is 0 Å². The summed E-state index contributed by atoms with van der Waals surface area (Å²) in [6.07, 6.45) is 0. The van der Waals surface area contributed by atoms with Crippen molar-refractivity contribution < 1.29 is 19.4 Å². The molecule has 0 radical (unpaired) electrons. The molecule has 2 rings (SSSR count). The van der Waals surface area contributed by atoms with Crippen molar-refractivity contribution in [1.82, 2.24) is 0 Å². The Morgan fingerprint density at radius 1 is 1.43 bits per heavy atom. The second-order valence-electron chi connectivity index (χ2n) is 2.94. The number of benzene rings is 1. The molecule has 72 valence electrons. The predicted octanol–water partition coefficient (Wildman–Crippen LogP) is -0.513. The third-order valence-corrected chi connectivity index (χ3v) is 2.09. The summed E-state index contributed by atoms with van der Waals surface area (Å²) in [7, 11) is 0. The van der Waals surface area contributed by atoms with Gasteiger partial charge in [-0.05, 0) is 6.07 Å². The largest absolute Gasteiger partial charge is 0.415 e. The minimum atomic E-state index is -2.31. The van der Waals surface area contributed by atoms with Crippen LogP contribution < -0.4 is 5.73 Å². The zero-order chi connectivity index (χ0) is 10.3. The van der Waals surface area contributed by atoms with E-state index >= 15 is 0 Å². The molecule has 5 nitrogen and oxygen atoms in total. The molecule has 0 aromatic heterocycles. The number of carbonyl (C=O) groups excluding carboxylic acids is 2. The van der Waals surface area contributed by atoms with E-state index in [4.69, 9.17) is 5.73 Å². The molecule has 0 unspecified atom stereocenters. The fraction of sp³-hybridized carbons (Fsp3) is 0.111. The van der Waals surface area contributed by atoms with Crippen molar-refractivity contribution in [1.29, 1.82) is 0 Å². The topological polar surface area (TPSA) is 89.6 Å². The first kappa shape index (κ1) is 8.71. The minimum Gasteiger partial charge on any atom is -0.415 e. The fourth-order valence-corrected chi connectivity index (χ4v) is 1.38. The summed E-state index contributed by atoms with van der Waals surface area (Å²) >= 11 is 0. The molecule has 1 atom stereocenters. The van der Waals surface area contributed by atoms with Crippen LogP contribution in [-0.2, 0) is 15.3 Å². The van der Waals surface area contributed by atoms with Crippen LogP contribution in [0.2, 0.25) is 0 Å². The zero-order valence-corrected chi connectivity index (χ0v) is 7.06. The quantitative estimate of drug-likeness (QED) is 0.587. The molecule has 0 bridgehead atoms. The summed E-state index contributed by atoms with van der Waals surface area (Å²) in [5.41, 5.74) is 5.20. The molecule has 1 aromatic carbocycles. The predicted molar refractivity (Wildman–Crippen MR) is 44.9 cm³/mol. The number of fused-ring (bicyclic) bond motifs is 1. The van der Waals surface area contributed by atoms with Crippen molar-refractivity contribution in [3.05, 3.63) is 35.4 Å². The summed E-state index contributed by atoms with van der Waals surface area (Å²) in [6.45, 7) is 0. The third kappa shape index (κ3) is 0.928. The minimum absolute atomic E-state index is 0.0949. The molecule has 14 heavy (non-hydrogen) atoms. The van der Waals surface area contributed by atoms with Gasteiger partial charge < -0.3 is 15.6 Å². The maximum Gasteiger partial charge on any atom is 0.341 e. The molecule has 0 fully saturated rings. The molecule has 1 amide bonds. The number of esters is 1. The summed E-state index contributed by atoms with van der Waals surface area (Å²) < 4.78 is 4.52. The normalized spacial score (nSPS) is 24.2. The first-order valence-corrected chi connectivity index (χ1v) is 3.91. The monoisotopic (exact) mass is 193 g/mol. The van der Waals surface area contributed by atoms with E-state index in [1.54, 1.807) is 12.1 Å². The number of amides is 1. The van der Waals surface area contributed by atoms with Crippen molar-refractivity contribution in [3.63, 3.8) is 0 Å². The number of carbonyl (C=O) groups is 2. The van der Waals surface area contributed by atoms with E-state index in [-0.39, 0.29) is 11.1 Å². The molecule has 5 heteroatoms. The molecule has 1 aliphatic heterocycles. The SMILES string of the molecule is NC(=O)[C@@]1(O)OC(=O)c2ccccc21. The highest BCUT2D eigenvalue weighted by molar-refractivity contribution is 6.00. The van der Waals surface area contributed by atoms with Gasteiger partial charge in [-0.1, -0.05) is 18.2 Å². The van der Waals surface area contributed by atoms with Gasteiger partial charge in [0.15, 0.2) is 0 Å². The molecular weight excluding hydrogens is 186 g/mol. The highest BCUT2D eigenvalue weighted by atomic mass is 16.7. The van der Waals surface area contributed by atoms with Crippen LogP contribution in [0.25, 0.3) is 0 Å². The van der Waals surface area contributed by atoms with E-state index in [2.05, 4.69) is 4.74 Å². The Bertz CT molecular complexity index is 429. The number of aliphatic hydroxyl groups is 1. The highest BCUT2D eigenvalue weighted by Gasteiger charge is 2.49. The van der Waals surface area contributed by atoms with E-state index in [1.807, 2.05) is 0 Å². The van der Waals surface area contributed by atoms with Crippen LogP contribution in [0.1, 0.15) is 15.9 Å². The molecule has 0 aliphatic carbocycles. The Kier molecular flexibility index (Phi) is 1.59. The van der Waals surface area contributed by atoms with Crippen LogP contribution in [-0.4, -0.2) is 17.0 Å². The van der Waals surface area contributed by atoms with E-state index < -0.39 is 17.7 Å². The number of primary amides is 1. The molecule has 1 aliphatic rings. The van der Waals surface area contributed by atoms with Crippen LogP contribution in [0, 0.1) is 0 Å². The van der Waals surface area contributed by atoms with Crippen LogP contribution >= 0.6 is 0 Å². The van der Waals surface area contributed by atoms with Crippen molar-refractivity contribution in [2.75, 3.05) is 0 Å². The van der Waals surface area contributed by atoms with Crippen LogP contribution in [0.15, 0.2) is 24.3 Å². The maximum atomic E-state index is 11.2. The second kappa shape index (κ2) is 2.55. The van der Waals surface area contributed by atoms with Gasteiger partial charge in [-0.3, -0.25) is 4.79 Å². The van der Waals surface area contributed by atoms with Crippen molar-refractivity contribution in [2.24, 2.45) is 5.73 Å². The van der Waals surface area contributed by atoms with Gasteiger partial charge in [0.05, 0.1) is 5.56 Å². The van der Waals surface area contributed by atoms with Gasteiger partial charge in [0, 0.05) is 5.56 Å². The van der Waals surface area contributed by atoms with Gasteiger partial charge >= 0.3 is 11.8 Å². The van der Waals surface area contributed by atoms with E-state index in [9.17, 15) is 14.7 Å². The van der Waals surface area contributed by atoms with E-state index in [1.165, 1.54) is 12.1 Å². The first-order valence-electron chi connectivity index (χ1n) is 3.91.